The number of carbonyl (C=O) groups is 1. The molecule has 0 fully saturated rings. The molecule has 0 saturated carbocycles. The van der Waals surface area contributed by atoms with Gasteiger partial charge in [0.25, 0.3) is 5.91 Å². The van der Waals surface area contributed by atoms with Gasteiger partial charge in [0.2, 0.25) is 6.79 Å². The number of benzene rings is 2. The van der Waals surface area contributed by atoms with Crippen molar-refractivity contribution in [1.82, 2.24) is 9.88 Å². The van der Waals surface area contributed by atoms with Crippen molar-refractivity contribution in [2.75, 3.05) is 20.5 Å². The van der Waals surface area contributed by atoms with Gasteiger partial charge in [0.15, 0.2) is 16.9 Å². The van der Waals surface area contributed by atoms with Gasteiger partial charge in [0.1, 0.15) is 5.56 Å². The van der Waals surface area contributed by atoms with E-state index in [1.165, 1.54) is 0 Å². The van der Waals surface area contributed by atoms with Crippen molar-refractivity contribution in [2.24, 2.45) is 0 Å². The minimum atomic E-state index is -0.382. The SMILES string of the molecule is COCC(C)NC(=O)c1c2n(c(C)cc1=O)-c1ccccc1SC(c1ccc3c(c1)OCO3)C2. The standard InChI is InChI=1S/C26H26N2O5S/c1-15(13-31-3)27-26(30)25-19-12-24(17-8-9-21-22(11-17)33-14-32-21)34-23-7-5-4-6-18(23)28(19)16(2)10-20(25)29/h4-11,15,24H,12-14H2,1-3H3,(H,27,30). The summed E-state index contributed by atoms with van der Waals surface area (Å²) in [7, 11) is 1.58. The minimum absolute atomic E-state index is 0.0338. The van der Waals surface area contributed by atoms with E-state index in [9.17, 15) is 9.59 Å². The Kier molecular flexibility index (Phi) is 6.10. The number of thioether (sulfide) groups is 1. The highest BCUT2D eigenvalue weighted by atomic mass is 32.2. The molecular weight excluding hydrogens is 452 g/mol. The second-order valence-electron chi connectivity index (χ2n) is 8.53. The van der Waals surface area contributed by atoms with Crippen LogP contribution in [0, 0.1) is 6.92 Å². The zero-order valence-electron chi connectivity index (χ0n) is 19.3. The summed E-state index contributed by atoms with van der Waals surface area (Å²) in [4.78, 5) is 27.6. The Labute approximate surface area is 202 Å². The number of aryl methyl sites for hydroxylation is 1. The Morgan fingerprint density at radius 3 is 2.82 bits per heavy atom. The van der Waals surface area contributed by atoms with Crippen molar-refractivity contribution in [1.29, 1.82) is 0 Å². The van der Waals surface area contributed by atoms with Crippen LogP contribution in [0.2, 0.25) is 0 Å². The summed E-state index contributed by atoms with van der Waals surface area (Å²) in [5.41, 5.74) is 3.40. The Morgan fingerprint density at radius 1 is 1.21 bits per heavy atom. The molecule has 1 N–H and O–H groups in total. The van der Waals surface area contributed by atoms with E-state index in [0.717, 1.165) is 27.6 Å². The zero-order chi connectivity index (χ0) is 23.8. The number of hydrogen-bond donors (Lipinski definition) is 1. The van der Waals surface area contributed by atoms with Gasteiger partial charge in [0, 0.05) is 47.2 Å². The summed E-state index contributed by atoms with van der Waals surface area (Å²) in [6.07, 6.45) is 0.497. The molecule has 2 atom stereocenters. The number of nitrogens with one attached hydrogen (secondary N) is 1. The normalized spacial score (nSPS) is 16.9. The zero-order valence-corrected chi connectivity index (χ0v) is 20.1. The van der Waals surface area contributed by atoms with Crippen LogP contribution in [0.5, 0.6) is 11.5 Å². The molecule has 2 aliphatic rings. The second-order valence-corrected chi connectivity index (χ2v) is 9.77. The fourth-order valence-electron chi connectivity index (χ4n) is 4.56. The van der Waals surface area contributed by atoms with Crippen LogP contribution in [0.15, 0.2) is 58.2 Å². The Morgan fingerprint density at radius 2 is 2.00 bits per heavy atom. The number of carbonyl (C=O) groups excluding carboxylic acids is 1. The van der Waals surface area contributed by atoms with Crippen molar-refractivity contribution in [3.8, 4) is 17.2 Å². The van der Waals surface area contributed by atoms with E-state index in [0.29, 0.717) is 24.5 Å². The summed E-state index contributed by atoms with van der Waals surface area (Å²) in [5.74, 6) is 1.05. The lowest BCUT2D eigenvalue weighted by Gasteiger charge is -2.21. The van der Waals surface area contributed by atoms with Gasteiger partial charge in [-0.05, 0) is 43.7 Å². The maximum absolute atomic E-state index is 13.3. The molecule has 34 heavy (non-hydrogen) atoms. The van der Waals surface area contributed by atoms with Gasteiger partial charge >= 0.3 is 0 Å². The van der Waals surface area contributed by atoms with E-state index in [2.05, 4.69) is 11.4 Å². The quantitative estimate of drug-likeness (QED) is 0.597. The van der Waals surface area contributed by atoms with Crippen molar-refractivity contribution in [2.45, 2.75) is 36.5 Å². The van der Waals surface area contributed by atoms with Gasteiger partial charge in [-0.2, -0.15) is 0 Å². The minimum Gasteiger partial charge on any atom is -0.454 e. The van der Waals surface area contributed by atoms with Gasteiger partial charge in [-0.15, -0.1) is 11.8 Å². The van der Waals surface area contributed by atoms with Gasteiger partial charge in [0.05, 0.1) is 12.3 Å². The smallest absolute Gasteiger partial charge is 0.257 e. The molecule has 1 aromatic heterocycles. The third-order valence-corrected chi connectivity index (χ3v) is 7.36. The summed E-state index contributed by atoms with van der Waals surface area (Å²) in [6, 6.07) is 15.3. The third kappa shape index (κ3) is 4.08. The second kappa shape index (κ2) is 9.19. The van der Waals surface area contributed by atoms with E-state index in [1.54, 1.807) is 24.9 Å². The summed E-state index contributed by atoms with van der Waals surface area (Å²) in [5, 5.41) is 2.89. The lowest BCUT2D eigenvalue weighted by Crippen LogP contribution is -2.39. The highest BCUT2D eigenvalue weighted by molar-refractivity contribution is 7.99. The summed E-state index contributed by atoms with van der Waals surface area (Å²) >= 11 is 1.72. The Balaban J connectivity index is 1.66. The predicted octanol–water partition coefficient (Wildman–Crippen LogP) is 4.03. The van der Waals surface area contributed by atoms with E-state index >= 15 is 0 Å². The number of nitrogens with zero attached hydrogens (tertiary/aromatic N) is 1. The van der Waals surface area contributed by atoms with Crippen LogP contribution in [0.1, 0.15) is 39.5 Å². The van der Waals surface area contributed by atoms with E-state index in [1.807, 2.05) is 54.8 Å². The Bertz CT molecular complexity index is 1320. The largest absolute Gasteiger partial charge is 0.454 e. The highest BCUT2D eigenvalue weighted by Crippen LogP contribution is 2.46. The average molecular weight is 479 g/mol. The molecule has 5 rings (SSSR count). The molecule has 176 valence electrons. The van der Waals surface area contributed by atoms with Crippen molar-refractivity contribution >= 4 is 17.7 Å². The maximum atomic E-state index is 13.3. The molecule has 0 bridgehead atoms. The molecule has 0 saturated heterocycles. The number of fused-ring (bicyclic) bond motifs is 4. The highest BCUT2D eigenvalue weighted by Gasteiger charge is 2.30. The van der Waals surface area contributed by atoms with Gasteiger partial charge in [-0.25, -0.2) is 0 Å². The first-order valence-electron chi connectivity index (χ1n) is 11.2. The van der Waals surface area contributed by atoms with E-state index in [-0.39, 0.29) is 35.0 Å². The lowest BCUT2D eigenvalue weighted by molar-refractivity contribution is 0.0902. The molecule has 0 spiro atoms. The number of rotatable bonds is 5. The van der Waals surface area contributed by atoms with Crippen LogP contribution < -0.4 is 20.2 Å². The number of hydrogen-bond acceptors (Lipinski definition) is 6. The molecule has 2 aromatic carbocycles. The van der Waals surface area contributed by atoms with Gasteiger partial charge in [-0.3, -0.25) is 9.59 Å². The van der Waals surface area contributed by atoms with Crippen molar-refractivity contribution in [3.05, 3.63) is 81.3 Å². The number of pyridine rings is 1. The topological polar surface area (TPSA) is 78.8 Å². The summed E-state index contributed by atoms with van der Waals surface area (Å²) in [6.45, 7) is 4.33. The first kappa shape index (κ1) is 22.6. The van der Waals surface area contributed by atoms with E-state index in [4.69, 9.17) is 14.2 Å². The van der Waals surface area contributed by atoms with Gasteiger partial charge in [-0.1, -0.05) is 18.2 Å². The fraction of sp³-hybridized carbons (Fsp3) is 0.308. The van der Waals surface area contributed by atoms with Crippen molar-refractivity contribution in [3.63, 3.8) is 0 Å². The van der Waals surface area contributed by atoms with Crippen molar-refractivity contribution < 1.29 is 19.0 Å². The van der Waals surface area contributed by atoms with E-state index < -0.39 is 0 Å². The fourth-order valence-corrected chi connectivity index (χ4v) is 5.83. The average Bonchev–Trinajstić information content (AvgIpc) is 3.20. The molecule has 2 unspecified atom stereocenters. The number of amides is 1. The van der Waals surface area contributed by atoms with Crippen LogP contribution in [-0.4, -0.2) is 37.0 Å². The first-order valence-corrected chi connectivity index (χ1v) is 12.0. The van der Waals surface area contributed by atoms with Crippen LogP contribution in [0.3, 0.4) is 0 Å². The molecule has 8 heteroatoms. The molecule has 7 nitrogen and oxygen atoms in total. The number of aromatic nitrogens is 1. The molecule has 1 amide bonds. The Hall–Kier alpha value is -3.23. The van der Waals surface area contributed by atoms with Crippen LogP contribution >= 0.6 is 11.8 Å². The molecule has 0 radical (unpaired) electrons. The van der Waals surface area contributed by atoms with Crippen LogP contribution in [-0.2, 0) is 11.2 Å². The van der Waals surface area contributed by atoms with Gasteiger partial charge < -0.3 is 24.1 Å². The summed E-state index contributed by atoms with van der Waals surface area (Å²) < 4.78 is 18.3. The number of methoxy groups -OCH3 is 1. The van der Waals surface area contributed by atoms with Crippen LogP contribution in [0.4, 0.5) is 0 Å². The number of ether oxygens (including phenoxy) is 3. The van der Waals surface area contributed by atoms with Crippen LogP contribution in [0.25, 0.3) is 5.69 Å². The predicted molar refractivity (Wildman–Crippen MR) is 130 cm³/mol. The molecule has 2 aliphatic heterocycles. The molecular formula is C26H26N2O5S. The molecule has 0 aliphatic carbocycles. The third-order valence-electron chi connectivity index (χ3n) is 6.04. The molecule has 3 aromatic rings. The molecule has 3 heterocycles. The first-order chi connectivity index (χ1) is 16.5. The lowest BCUT2D eigenvalue weighted by atomic mass is 10.0. The maximum Gasteiger partial charge on any atom is 0.257 e. The number of para-hydroxylation sites is 1. The monoisotopic (exact) mass is 478 g/mol.